The Kier molecular flexibility index (Phi) is 4.25. The quantitative estimate of drug-likeness (QED) is 0.853. The van der Waals surface area contributed by atoms with Crippen LogP contribution in [0.1, 0.15) is 48.2 Å². The molecule has 0 atom stereocenters. The highest BCUT2D eigenvalue weighted by Crippen LogP contribution is 2.23. The van der Waals surface area contributed by atoms with Gasteiger partial charge < -0.3 is 11.1 Å². The molecule has 104 valence electrons. The summed E-state index contributed by atoms with van der Waals surface area (Å²) in [6.07, 6.45) is 4.39. The molecule has 19 heavy (non-hydrogen) atoms. The van der Waals surface area contributed by atoms with Crippen molar-refractivity contribution in [3.05, 3.63) is 34.9 Å². The van der Waals surface area contributed by atoms with Crippen LogP contribution in [0.2, 0.25) is 0 Å². The predicted octanol–water partition coefficient (Wildman–Crippen LogP) is 2.28. The number of carbonyl (C=O) groups excluding carboxylic acids is 1. The van der Waals surface area contributed by atoms with Gasteiger partial charge in [-0.1, -0.05) is 19.9 Å². The Morgan fingerprint density at radius 1 is 1.32 bits per heavy atom. The minimum Gasteiger partial charge on any atom is -0.352 e. The van der Waals surface area contributed by atoms with E-state index in [4.69, 9.17) is 5.73 Å². The smallest absolute Gasteiger partial charge is 0.251 e. The van der Waals surface area contributed by atoms with Crippen molar-refractivity contribution >= 4 is 5.91 Å². The molecule has 1 aliphatic rings. The number of hydrogen-bond donors (Lipinski definition) is 2. The van der Waals surface area contributed by atoms with Gasteiger partial charge in [0.2, 0.25) is 0 Å². The average Bonchev–Trinajstić information content (AvgIpc) is 2.83. The first-order valence-electron chi connectivity index (χ1n) is 7.12. The van der Waals surface area contributed by atoms with Crippen molar-refractivity contribution in [2.75, 3.05) is 13.1 Å². The maximum Gasteiger partial charge on any atom is 0.251 e. The fraction of sp³-hybridized carbons (Fsp3) is 0.562. The molecule has 1 aliphatic carbocycles. The second kappa shape index (κ2) is 5.74. The minimum absolute atomic E-state index is 0.0276. The molecular formula is C16H24N2O. The Hall–Kier alpha value is -1.35. The fourth-order valence-electron chi connectivity index (χ4n) is 2.61. The van der Waals surface area contributed by atoms with E-state index in [-0.39, 0.29) is 11.3 Å². The Morgan fingerprint density at radius 2 is 2.05 bits per heavy atom. The van der Waals surface area contributed by atoms with Crippen LogP contribution < -0.4 is 11.1 Å². The zero-order valence-corrected chi connectivity index (χ0v) is 12.0. The predicted molar refractivity (Wildman–Crippen MR) is 78.3 cm³/mol. The summed E-state index contributed by atoms with van der Waals surface area (Å²) in [6, 6.07) is 6.09. The van der Waals surface area contributed by atoms with E-state index in [1.54, 1.807) is 0 Å². The molecule has 1 amide bonds. The van der Waals surface area contributed by atoms with Crippen LogP contribution in [0.5, 0.6) is 0 Å². The molecule has 0 fully saturated rings. The molecule has 0 aliphatic heterocycles. The van der Waals surface area contributed by atoms with Gasteiger partial charge >= 0.3 is 0 Å². The minimum atomic E-state index is 0.0276. The average molecular weight is 260 g/mol. The number of aryl methyl sites for hydroxylation is 2. The summed E-state index contributed by atoms with van der Waals surface area (Å²) in [4.78, 5) is 12.2. The SMILES string of the molecule is CC(C)(CCN)CNC(=O)c1ccc2c(c1)CCC2. The second-order valence-corrected chi connectivity index (χ2v) is 6.22. The highest BCUT2D eigenvalue weighted by atomic mass is 16.1. The van der Waals surface area contributed by atoms with Gasteiger partial charge in [0.25, 0.3) is 5.91 Å². The molecule has 1 aromatic rings. The highest BCUT2D eigenvalue weighted by molar-refractivity contribution is 5.94. The van der Waals surface area contributed by atoms with Crippen LogP contribution in [-0.4, -0.2) is 19.0 Å². The Balaban J connectivity index is 1.97. The number of rotatable bonds is 5. The van der Waals surface area contributed by atoms with Crippen LogP contribution in [0.4, 0.5) is 0 Å². The van der Waals surface area contributed by atoms with E-state index in [9.17, 15) is 4.79 Å². The molecule has 0 unspecified atom stereocenters. The van der Waals surface area contributed by atoms with E-state index in [2.05, 4.69) is 25.2 Å². The lowest BCUT2D eigenvalue weighted by molar-refractivity contribution is 0.0935. The number of benzene rings is 1. The first-order chi connectivity index (χ1) is 9.02. The van der Waals surface area contributed by atoms with Crippen molar-refractivity contribution in [3.8, 4) is 0 Å². The van der Waals surface area contributed by atoms with Gasteiger partial charge in [-0.15, -0.1) is 0 Å². The van der Waals surface area contributed by atoms with Gasteiger partial charge in [-0.2, -0.15) is 0 Å². The van der Waals surface area contributed by atoms with Crippen LogP contribution in [-0.2, 0) is 12.8 Å². The van der Waals surface area contributed by atoms with Crippen molar-refractivity contribution in [2.24, 2.45) is 11.1 Å². The number of fused-ring (bicyclic) bond motifs is 1. The molecule has 2 rings (SSSR count). The molecule has 3 nitrogen and oxygen atoms in total. The van der Waals surface area contributed by atoms with E-state index in [0.29, 0.717) is 13.1 Å². The summed E-state index contributed by atoms with van der Waals surface area (Å²) in [7, 11) is 0. The Morgan fingerprint density at radius 3 is 2.79 bits per heavy atom. The Bertz CT molecular complexity index is 466. The van der Waals surface area contributed by atoms with Crippen molar-refractivity contribution in [2.45, 2.75) is 39.5 Å². The number of hydrogen-bond acceptors (Lipinski definition) is 2. The molecule has 0 aromatic heterocycles. The lowest BCUT2D eigenvalue weighted by Crippen LogP contribution is -2.35. The first kappa shape index (κ1) is 14.1. The van der Waals surface area contributed by atoms with E-state index >= 15 is 0 Å². The van der Waals surface area contributed by atoms with Gasteiger partial charge in [-0.25, -0.2) is 0 Å². The van der Waals surface area contributed by atoms with Crippen molar-refractivity contribution in [3.63, 3.8) is 0 Å². The topological polar surface area (TPSA) is 55.1 Å². The van der Waals surface area contributed by atoms with Crippen LogP contribution in [0, 0.1) is 5.41 Å². The maximum absolute atomic E-state index is 12.2. The lowest BCUT2D eigenvalue weighted by atomic mass is 9.89. The van der Waals surface area contributed by atoms with Gasteiger partial charge in [0, 0.05) is 12.1 Å². The largest absolute Gasteiger partial charge is 0.352 e. The zero-order chi connectivity index (χ0) is 13.9. The van der Waals surface area contributed by atoms with Crippen LogP contribution in [0.15, 0.2) is 18.2 Å². The molecule has 0 saturated carbocycles. The van der Waals surface area contributed by atoms with E-state index in [0.717, 1.165) is 24.8 Å². The molecular weight excluding hydrogens is 236 g/mol. The monoisotopic (exact) mass is 260 g/mol. The van der Waals surface area contributed by atoms with Gasteiger partial charge in [0.1, 0.15) is 0 Å². The van der Waals surface area contributed by atoms with Crippen LogP contribution in [0.25, 0.3) is 0 Å². The summed E-state index contributed by atoms with van der Waals surface area (Å²) in [5.74, 6) is 0.0276. The van der Waals surface area contributed by atoms with Gasteiger partial charge in [-0.05, 0) is 60.9 Å². The van der Waals surface area contributed by atoms with Gasteiger partial charge in [0.05, 0.1) is 0 Å². The lowest BCUT2D eigenvalue weighted by Gasteiger charge is -2.24. The van der Waals surface area contributed by atoms with Crippen LogP contribution in [0.3, 0.4) is 0 Å². The van der Waals surface area contributed by atoms with Crippen molar-refractivity contribution < 1.29 is 4.79 Å². The van der Waals surface area contributed by atoms with E-state index in [1.807, 2.05) is 12.1 Å². The summed E-state index contributed by atoms with van der Waals surface area (Å²) in [5.41, 5.74) is 9.16. The third kappa shape index (κ3) is 3.57. The van der Waals surface area contributed by atoms with Gasteiger partial charge in [-0.3, -0.25) is 4.79 Å². The molecule has 0 heterocycles. The van der Waals surface area contributed by atoms with Crippen molar-refractivity contribution in [1.82, 2.24) is 5.32 Å². The molecule has 3 N–H and O–H groups in total. The van der Waals surface area contributed by atoms with Gasteiger partial charge in [0.15, 0.2) is 0 Å². The molecule has 3 heteroatoms. The molecule has 0 saturated heterocycles. The first-order valence-corrected chi connectivity index (χ1v) is 7.12. The fourth-order valence-corrected chi connectivity index (χ4v) is 2.61. The normalized spacial score (nSPS) is 14.3. The van der Waals surface area contributed by atoms with E-state index < -0.39 is 0 Å². The second-order valence-electron chi connectivity index (χ2n) is 6.22. The third-order valence-corrected chi connectivity index (χ3v) is 3.91. The maximum atomic E-state index is 12.2. The summed E-state index contributed by atoms with van der Waals surface area (Å²) >= 11 is 0. The number of nitrogens with one attached hydrogen (secondary N) is 1. The third-order valence-electron chi connectivity index (χ3n) is 3.91. The number of carbonyl (C=O) groups is 1. The summed E-state index contributed by atoms with van der Waals surface area (Å²) in [6.45, 7) is 5.58. The summed E-state index contributed by atoms with van der Waals surface area (Å²) in [5, 5.41) is 3.02. The number of amides is 1. The summed E-state index contributed by atoms with van der Waals surface area (Å²) < 4.78 is 0. The van der Waals surface area contributed by atoms with Crippen LogP contribution >= 0.6 is 0 Å². The molecule has 0 bridgehead atoms. The molecule has 1 aromatic carbocycles. The molecule has 0 radical (unpaired) electrons. The zero-order valence-electron chi connectivity index (χ0n) is 12.0. The van der Waals surface area contributed by atoms with Crippen molar-refractivity contribution in [1.29, 1.82) is 0 Å². The standard InChI is InChI=1S/C16H24N2O/c1-16(2,8-9-17)11-18-15(19)14-7-6-12-4-3-5-13(12)10-14/h6-7,10H,3-5,8-9,11,17H2,1-2H3,(H,18,19). The molecule has 0 spiro atoms. The number of nitrogens with two attached hydrogens (primary N) is 1. The Labute approximate surface area is 115 Å². The van der Waals surface area contributed by atoms with E-state index in [1.165, 1.54) is 17.5 Å². The highest BCUT2D eigenvalue weighted by Gasteiger charge is 2.19.